The fourth-order valence-corrected chi connectivity index (χ4v) is 2.06. The van der Waals surface area contributed by atoms with E-state index in [1.54, 1.807) is 0 Å². The highest BCUT2D eigenvalue weighted by Gasteiger charge is 2.19. The highest BCUT2D eigenvalue weighted by Crippen LogP contribution is 2.19. The lowest BCUT2D eigenvalue weighted by atomic mass is 10.00. The molecule has 2 aromatic carbocycles. The summed E-state index contributed by atoms with van der Waals surface area (Å²) in [5, 5.41) is 18.4. The zero-order valence-corrected chi connectivity index (χ0v) is 12.3. The minimum atomic E-state index is -1.17. The molecule has 0 radical (unpaired) electrons. The van der Waals surface area contributed by atoms with E-state index in [4.69, 9.17) is 15.6 Å². The van der Waals surface area contributed by atoms with Crippen LogP contribution >= 0.6 is 0 Å². The summed E-state index contributed by atoms with van der Waals surface area (Å²) in [5.74, 6) is -1.91. The van der Waals surface area contributed by atoms with Gasteiger partial charge in [-0.2, -0.15) is 0 Å². The van der Waals surface area contributed by atoms with Crippen molar-refractivity contribution in [3.8, 4) is 5.75 Å². The van der Waals surface area contributed by atoms with Gasteiger partial charge in [-0.3, -0.25) is 4.79 Å². The molecule has 0 aliphatic heterocycles. The van der Waals surface area contributed by atoms with Crippen molar-refractivity contribution < 1.29 is 24.5 Å². The molecule has 6 heteroatoms. The normalized spacial score (nSPS) is 11.7. The first kappa shape index (κ1) is 16.5. The van der Waals surface area contributed by atoms with Crippen LogP contribution in [0.1, 0.15) is 21.5 Å². The standard InChI is InChI=1S/C17H17NO5/c18-15(16(20)21)8-12-6-7-13(19)9-14(12)17(22)23-10-11-4-2-1-3-5-11/h1-7,9,15,19H,8,10,18H2,(H,20,21). The van der Waals surface area contributed by atoms with Crippen molar-refractivity contribution in [3.05, 3.63) is 65.2 Å². The first-order chi connectivity index (χ1) is 11.0. The number of benzene rings is 2. The number of carbonyl (C=O) groups excluding carboxylic acids is 1. The topological polar surface area (TPSA) is 110 Å². The molecule has 0 fully saturated rings. The smallest absolute Gasteiger partial charge is 0.338 e. The second-order valence-electron chi connectivity index (χ2n) is 5.05. The number of phenolic OH excluding ortho intramolecular Hbond substituents is 1. The highest BCUT2D eigenvalue weighted by atomic mass is 16.5. The monoisotopic (exact) mass is 315 g/mol. The van der Waals surface area contributed by atoms with Crippen LogP contribution in [0.4, 0.5) is 0 Å². The number of hydrogen-bond donors (Lipinski definition) is 3. The van der Waals surface area contributed by atoms with Crippen LogP contribution < -0.4 is 5.73 Å². The van der Waals surface area contributed by atoms with Gasteiger partial charge in [-0.25, -0.2) is 4.79 Å². The molecule has 0 saturated carbocycles. The van der Waals surface area contributed by atoms with Crippen LogP contribution in [0.2, 0.25) is 0 Å². The largest absolute Gasteiger partial charge is 0.508 e. The summed E-state index contributed by atoms with van der Waals surface area (Å²) in [6, 6.07) is 12.1. The van der Waals surface area contributed by atoms with E-state index in [2.05, 4.69) is 0 Å². The minimum absolute atomic E-state index is 0.0363. The van der Waals surface area contributed by atoms with Gasteiger partial charge in [-0.15, -0.1) is 0 Å². The van der Waals surface area contributed by atoms with Crippen LogP contribution in [0.25, 0.3) is 0 Å². The lowest BCUT2D eigenvalue weighted by molar-refractivity contribution is -0.138. The van der Waals surface area contributed by atoms with Gasteiger partial charge < -0.3 is 20.7 Å². The molecule has 1 unspecified atom stereocenters. The Labute approximate surface area is 133 Å². The number of rotatable bonds is 6. The fourth-order valence-electron chi connectivity index (χ4n) is 2.06. The van der Waals surface area contributed by atoms with Crippen LogP contribution in [-0.2, 0) is 22.6 Å². The molecule has 0 aliphatic rings. The van der Waals surface area contributed by atoms with E-state index in [1.807, 2.05) is 30.3 Å². The van der Waals surface area contributed by atoms with E-state index in [1.165, 1.54) is 18.2 Å². The Balaban J connectivity index is 2.14. The molecule has 0 spiro atoms. The van der Waals surface area contributed by atoms with Gasteiger partial charge >= 0.3 is 11.9 Å². The van der Waals surface area contributed by atoms with E-state index >= 15 is 0 Å². The van der Waals surface area contributed by atoms with Crippen molar-refractivity contribution in [1.29, 1.82) is 0 Å². The number of aliphatic carboxylic acids is 1. The van der Waals surface area contributed by atoms with E-state index in [0.717, 1.165) is 5.56 Å². The second kappa shape index (κ2) is 7.42. The van der Waals surface area contributed by atoms with E-state index < -0.39 is 18.0 Å². The van der Waals surface area contributed by atoms with Gasteiger partial charge in [0, 0.05) is 0 Å². The molecular formula is C17H17NO5. The number of hydrogen-bond acceptors (Lipinski definition) is 5. The third-order valence-electron chi connectivity index (χ3n) is 3.28. The molecule has 0 bridgehead atoms. The Morgan fingerprint density at radius 1 is 1.13 bits per heavy atom. The predicted octanol–water partition coefficient (Wildman–Crippen LogP) is 1.70. The molecule has 0 aliphatic carbocycles. The summed E-state index contributed by atoms with van der Waals surface area (Å²) in [6.07, 6.45) is -0.0363. The number of nitrogens with two attached hydrogens (primary N) is 1. The zero-order valence-electron chi connectivity index (χ0n) is 12.3. The first-order valence-electron chi connectivity index (χ1n) is 6.98. The molecule has 0 aromatic heterocycles. The van der Waals surface area contributed by atoms with Crippen LogP contribution in [0.3, 0.4) is 0 Å². The third-order valence-corrected chi connectivity index (χ3v) is 3.28. The number of aromatic hydroxyl groups is 1. The number of carboxylic acid groups (broad SMARTS) is 1. The SMILES string of the molecule is NC(Cc1ccc(O)cc1C(=O)OCc1ccccc1)C(=O)O. The number of carbonyl (C=O) groups is 2. The molecule has 2 aromatic rings. The van der Waals surface area contributed by atoms with Crippen molar-refractivity contribution in [3.63, 3.8) is 0 Å². The Morgan fingerprint density at radius 2 is 1.83 bits per heavy atom. The van der Waals surface area contributed by atoms with Crippen LogP contribution in [0.15, 0.2) is 48.5 Å². The molecule has 1 atom stereocenters. The van der Waals surface area contributed by atoms with Gasteiger partial charge in [0.1, 0.15) is 18.4 Å². The number of carboxylic acids is 1. The van der Waals surface area contributed by atoms with E-state index in [9.17, 15) is 14.7 Å². The Morgan fingerprint density at radius 3 is 2.48 bits per heavy atom. The summed E-state index contributed by atoms with van der Waals surface area (Å²) >= 11 is 0. The molecular weight excluding hydrogens is 298 g/mol. The number of esters is 1. The van der Waals surface area contributed by atoms with Crippen molar-refractivity contribution in [2.75, 3.05) is 0 Å². The van der Waals surface area contributed by atoms with Gasteiger partial charge in [0.05, 0.1) is 5.56 Å². The van der Waals surface area contributed by atoms with Gasteiger partial charge in [0.15, 0.2) is 0 Å². The molecule has 0 heterocycles. The average molecular weight is 315 g/mol. The van der Waals surface area contributed by atoms with E-state index in [-0.39, 0.29) is 24.3 Å². The lowest BCUT2D eigenvalue weighted by Gasteiger charge is -2.12. The molecule has 0 saturated heterocycles. The van der Waals surface area contributed by atoms with Crippen molar-refractivity contribution in [2.24, 2.45) is 5.73 Å². The lowest BCUT2D eigenvalue weighted by Crippen LogP contribution is -2.32. The van der Waals surface area contributed by atoms with Gasteiger partial charge in [0.2, 0.25) is 0 Å². The number of ether oxygens (including phenoxy) is 1. The van der Waals surface area contributed by atoms with Gasteiger partial charge in [-0.1, -0.05) is 36.4 Å². The van der Waals surface area contributed by atoms with Crippen molar-refractivity contribution >= 4 is 11.9 Å². The van der Waals surface area contributed by atoms with E-state index in [0.29, 0.717) is 5.56 Å². The Kier molecular flexibility index (Phi) is 5.32. The Hall–Kier alpha value is -2.86. The summed E-state index contributed by atoms with van der Waals surface area (Å²) in [6.45, 7) is 0.0831. The molecule has 0 amide bonds. The molecule has 23 heavy (non-hydrogen) atoms. The Bertz CT molecular complexity index is 699. The van der Waals surface area contributed by atoms with Gasteiger partial charge in [-0.05, 0) is 29.7 Å². The first-order valence-corrected chi connectivity index (χ1v) is 6.98. The molecule has 6 nitrogen and oxygen atoms in total. The third kappa shape index (κ3) is 4.55. The minimum Gasteiger partial charge on any atom is -0.508 e. The maximum atomic E-state index is 12.2. The van der Waals surface area contributed by atoms with Crippen LogP contribution in [0.5, 0.6) is 5.75 Å². The molecule has 4 N–H and O–H groups in total. The summed E-state index contributed by atoms with van der Waals surface area (Å²) in [7, 11) is 0. The maximum absolute atomic E-state index is 12.2. The molecule has 120 valence electrons. The fraction of sp³-hybridized carbons (Fsp3) is 0.176. The average Bonchev–Trinajstić information content (AvgIpc) is 2.55. The van der Waals surface area contributed by atoms with Crippen molar-refractivity contribution in [1.82, 2.24) is 0 Å². The summed E-state index contributed by atoms with van der Waals surface area (Å²) in [5.41, 5.74) is 6.85. The van der Waals surface area contributed by atoms with Crippen molar-refractivity contribution in [2.45, 2.75) is 19.1 Å². The maximum Gasteiger partial charge on any atom is 0.338 e. The van der Waals surface area contributed by atoms with Gasteiger partial charge in [0.25, 0.3) is 0 Å². The quantitative estimate of drug-likeness (QED) is 0.700. The predicted molar refractivity (Wildman–Crippen MR) is 83.0 cm³/mol. The van der Waals surface area contributed by atoms with Crippen LogP contribution in [0, 0.1) is 0 Å². The number of phenols is 1. The molecule has 2 rings (SSSR count). The summed E-state index contributed by atoms with van der Waals surface area (Å²) in [4.78, 5) is 23.1. The highest BCUT2D eigenvalue weighted by molar-refractivity contribution is 5.92. The summed E-state index contributed by atoms with van der Waals surface area (Å²) < 4.78 is 5.21. The zero-order chi connectivity index (χ0) is 16.8. The second-order valence-corrected chi connectivity index (χ2v) is 5.05. The van der Waals surface area contributed by atoms with Crippen LogP contribution in [-0.4, -0.2) is 28.2 Å².